The third-order valence-electron chi connectivity index (χ3n) is 2.26. The predicted molar refractivity (Wildman–Crippen MR) is 49.6 cm³/mol. The van der Waals surface area contributed by atoms with E-state index in [0.29, 0.717) is 6.42 Å². The maximum absolute atomic E-state index is 11.9. The Kier molecular flexibility index (Phi) is 3.30. The maximum Gasteiger partial charge on any atom is 0.365 e. The molecule has 1 aliphatic rings. The molecule has 0 amide bonds. The van der Waals surface area contributed by atoms with Crippen molar-refractivity contribution in [1.29, 1.82) is 0 Å². The Bertz CT molecular complexity index is 243. The second-order valence-corrected chi connectivity index (χ2v) is 5.54. The van der Waals surface area contributed by atoms with Gasteiger partial charge in [0.1, 0.15) is 0 Å². The molecule has 1 rings (SSSR count). The van der Waals surface area contributed by atoms with E-state index < -0.39 is 12.9 Å². The summed E-state index contributed by atoms with van der Waals surface area (Å²) in [6.07, 6.45) is 5.43. The monoisotopic (exact) mass is 206 g/mol. The summed E-state index contributed by atoms with van der Waals surface area (Å²) in [5.74, 6) is 0. The minimum Gasteiger partial charge on any atom is -0.374 e. The van der Waals surface area contributed by atoms with Crippen LogP contribution < -0.4 is 0 Å². The summed E-state index contributed by atoms with van der Waals surface area (Å²) in [5.41, 5.74) is 0. The smallest absolute Gasteiger partial charge is 0.365 e. The molecule has 0 aromatic carbocycles. The van der Waals surface area contributed by atoms with Gasteiger partial charge in [-0.2, -0.15) is 0 Å². The van der Waals surface area contributed by atoms with Crippen molar-refractivity contribution in [2.45, 2.75) is 24.6 Å². The van der Waals surface area contributed by atoms with Crippen molar-refractivity contribution in [1.82, 2.24) is 0 Å². The summed E-state index contributed by atoms with van der Waals surface area (Å²) in [4.78, 5) is 0. The highest BCUT2D eigenvalue weighted by Gasteiger charge is 2.46. The van der Waals surface area contributed by atoms with Crippen molar-refractivity contribution in [3.8, 4) is 0 Å². The number of hydrogen-bond acceptors (Lipinski definition) is 4. The van der Waals surface area contributed by atoms with Gasteiger partial charge in [0, 0.05) is 14.2 Å². The molecule has 5 heteroatoms. The molecule has 0 spiro atoms. The van der Waals surface area contributed by atoms with Gasteiger partial charge in [-0.05, 0) is 25.3 Å². The van der Waals surface area contributed by atoms with E-state index in [9.17, 15) is 9.67 Å². The van der Waals surface area contributed by atoms with E-state index in [1.807, 2.05) is 0 Å². The van der Waals surface area contributed by atoms with Crippen molar-refractivity contribution in [3.63, 3.8) is 0 Å². The molecule has 4 nitrogen and oxygen atoms in total. The van der Waals surface area contributed by atoms with Crippen LogP contribution in [0.2, 0.25) is 0 Å². The lowest BCUT2D eigenvalue weighted by molar-refractivity contribution is 0.105. The molecule has 0 fully saturated rings. The van der Waals surface area contributed by atoms with Gasteiger partial charge in [0.2, 0.25) is 0 Å². The summed E-state index contributed by atoms with van der Waals surface area (Å²) in [6, 6.07) is 0. The van der Waals surface area contributed by atoms with E-state index >= 15 is 0 Å². The lowest BCUT2D eigenvalue weighted by Gasteiger charge is -2.32. The van der Waals surface area contributed by atoms with Crippen LogP contribution in [-0.4, -0.2) is 24.7 Å². The molecule has 0 aromatic rings. The highest BCUT2D eigenvalue weighted by atomic mass is 31.2. The molecule has 0 saturated heterocycles. The van der Waals surface area contributed by atoms with Crippen LogP contribution in [-0.2, 0) is 13.6 Å². The number of aliphatic hydroxyl groups is 1. The van der Waals surface area contributed by atoms with Crippen LogP contribution in [0.5, 0.6) is 0 Å². The number of allylic oxidation sites excluding steroid dienone is 1. The van der Waals surface area contributed by atoms with Crippen LogP contribution >= 0.6 is 7.60 Å². The molecule has 1 atom stereocenters. The molecule has 0 saturated carbocycles. The molecule has 0 radical (unpaired) electrons. The first-order valence-corrected chi connectivity index (χ1v) is 5.74. The van der Waals surface area contributed by atoms with Crippen LogP contribution in [0.4, 0.5) is 0 Å². The first-order chi connectivity index (χ1) is 6.08. The first-order valence-electron chi connectivity index (χ1n) is 4.20. The number of hydrogen-bond donors (Lipinski definition) is 1. The average molecular weight is 206 g/mol. The van der Waals surface area contributed by atoms with Gasteiger partial charge in [0.25, 0.3) is 0 Å². The second-order valence-electron chi connectivity index (χ2n) is 3.04. The minimum atomic E-state index is -3.40. The van der Waals surface area contributed by atoms with Crippen molar-refractivity contribution in [2.24, 2.45) is 0 Å². The van der Waals surface area contributed by atoms with Gasteiger partial charge in [-0.1, -0.05) is 6.08 Å². The largest absolute Gasteiger partial charge is 0.374 e. The topological polar surface area (TPSA) is 55.8 Å². The summed E-state index contributed by atoms with van der Waals surface area (Å²) in [5, 5.41) is 8.55. The molecule has 1 N–H and O–H groups in total. The Morgan fingerprint density at radius 3 is 2.46 bits per heavy atom. The van der Waals surface area contributed by atoms with Gasteiger partial charge < -0.3 is 14.2 Å². The van der Waals surface area contributed by atoms with Crippen LogP contribution in [0.25, 0.3) is 0 Å². The van der Waals surface area contributed by atoms with Gasteiger partial charge in [0.15, 0.2) is 5.34 Å². The minimum absolute atomic E-state index is 0.419. The van der Waals surface area contributed by atoms with Crippen molar-refractivity contribution in [2.75, 3.05) is 14.2 Å². The van der Waals surface area contributed by atoms with E-state index in [4.69, 9.17) is 9.05 Å². The SMILES string of the molecule is COP(=O)(OC)C1(O)C=CCCC1. The lowest BCUT2D eigenvalue weighted by Crippen LogP contribution is -2.29. The molecule has 0 heterocycles. The van der Waals surface area contributed by atoms with Gasteiger partial charge >= 0.3 is 7.60 Å². The van der Waals surface area contributed by atoms with Crippen LogP contribution in [0, 0.1) is 0 Å². The second kappa shape index (κ2) is 3.93. The lowest BCUT2D eigenvalue weighted by atomic mass is 10.1. The predicted octanol–water partition coefficient (Wildman–Crippen LogP) is 1.90. The maximum atomic E-state index is 11.9. The molecule has 76 valence electrons. The van der Waals surface area contributed by atoms with Gasteiger partial charge in [-0.25, -0.2) is 0 Å². The summed E-state index contributed by atoms with van der Waals surface area (Å²) >= 11 is 0. The van der Waals surface area contributed by atoms with Gasteiger partial charge in [0.05, 0.1) is 0 Å². The quantitative estimate of drug-likeness (QED) is 0.566. The van der Waals surface area contributed by atoms with E-state index in [0.717, 1.165) is 12.8 Å². The number of rotatable bonds is 3. The molecule has 0 aliphatic heterocycles. The van der Waals surface area contributed by atoms with Crippen molar-refractivity contribution < 1.29 is 18.7 Å². The molecule has 1 aliphatic carbocycles. The molecule has 0 aromatic heterocycles. The Balaban J connectivity index is 2.95. The fourth-order valence-corrected chi connectivity index (χ4v) is 2.96. The van der Waals surface area contributed by atoms with Gasteiger partial charge in [-0.15, -0.1) is 0 Å². The highest BCUT2D eigenvalue weighted by Crippen LogP contribution is 2.60. The standard InChI is InChI=1S/C8H15O4P/c1-11-13(10,12-2)8(9)6-4-3-5-7-8/h4,6,9H,3,5,7H2,1-2H3. The van der Waals surface area contributed by atoms with Crippen LogP contribution in [0.1, 0.15) is 19.3 Å². The zero-order chi connectivity index (χ0) is 9.95. The fourth-order valence-electron chi connectivity index (χ4n) is 1.45. The van der Waals surface area contributed by atoms with E-state index in [2.05, 4.69) is 0 Å². The first kappa shape index (κ1) is 10.9. The summed E-state index contributed by atoms with van der Waals surface area (Å²) < 4.78 is 21.4. The van der Waals surface area contributed by atoms with Crippen molar-refractivity contribution in [3.05, 3.63) is 12.2 Å². The average Bonchev–Trinajstić information content (AvgIpc) is 2.17. The normalized spacial score (nSPS) is 29.2. The molecule has 13 heavy (non-hydrogen) atoms. The Labute approximate surface area is 78.1 Å². The van der Waals surface area contributed by atoms with Crippen molar-refractivity contribution >= 4 is 7.60 Å². The Morgan fingerprint density at radius 1 is 1.46 bits per heavy atom. The van der Waals surface area contributed by atoms with E-state index in [1.54, 1.807) is 6.08 Å². The fraction of sp³-hybridized carbons (Fsp3) is 0.750. The summed E-state index contributed by atoms with van der Waals surface area (Å²) in [7, 11) is -0.835. The van der Waals surface area contributed by atoms with E-state index in [-0.39, 0.29) is 0 Å². The molecular formula is C8H15O4P. The molecular weight excluding hydrogens is 191 g/mol. The van der Waals surface area contributed by atoms with E-state index in [1.165, 1.54) is 20.3 Å². The molecule has 0 bridgehead atoms. The third-order valence-corrected chi connectivity index (χ3v) is 4.54. The van der Waals surface area contributed by atoms with Crippen LogP contribution in [0.15, 0.2) is 12.2 Å². The van der Waals surface area contributed by atoms with Gasteiger partial charge in [-0.3, -0.25) is 4.57 Å². The Hall–Kier alpha value is -0.150. The van der Waals surface area contributed by atoms with Crippen LogP contribution in [0.3, 0.4) is 0 Å². The highest BCUT2D eigenvalue weighted by molar-refractivity contribution is 7.55. The third kappa shape index (κ3) is 1.86. The summed E-state index contributed by atoms with van der Waals surface area (Å²) in [6.45, 7) is 0. The Morgan fingerprint density at radius 2 is 2.08 bits per heavy atom. The zero-order valence-electron chi connectivity index (χ0n) is 7.90. The zero-order valence-corrected chi connectivity index (χ0v) is 8.79. The molecule has 1 unspecified atom stereocenters.